The third-order valence-electron chi connectivity index (χ3n) is 3.39. The normalized spacial score (nSPS) is 33.6. The van der Waals surface area contributed by atoms with E-state index in [1.165, 1.54) is 24.3 Å². The molecule has 0 aliphatic carbocycles. The predicted octanol–water partition coefficient (Wildman–Crippen LogP) is 1.48. The van der Waals surface area contributed by atoms with Gasteiger partial charge in [-0.05, 0) is 25.5 Å². The zero-order valence-corrected chi connectivity index (χ0v) is 12.1. The number of hydrogen-bond donors (Lipinski definition) is 2. The summed E-state index contributed by atoms with van der Waals surface area (Å²) in [4.78, 5) is 11.8. The van der Waals surface area contributed by atoms with Crippen LogP contribution >= 0.6 is 23.5 Å². The maximum absolute atomic E-state index is 11.8. The summed E-state index contributed by atoms with van der Waals surface area (Å²) in [6.45, 7) is 4.13. The fraction of sp³-hybridized carbons (Fsp3) is 0.917. The van der Waals surface area contributed by atoms with Gasteiger partial charge in [-0.15, -0.1) is 0 Å². The molecule has 2 N–H and O–H groups in total. The van der Waals surface area contributed by atoms with Crippen LogP contribution in [0.1, 0.15) is 26.2 Å². The first kappa shape index (κ1) is 13.6. The van der Waals surface area contributed by atoms with E-state index in [1.54, 1.807) is 0 Å². The Morgan fingerprint density at radius 2 is 2.41 bits per heavy atom. The highest BCUT2D eigenvalue weighted by Gasteiger charge is 2.30. The van der Waals surface area contributed by atoms with Crippen molar-refractivity contribution in [3.63, 3.8) is 0 Å². The molecule has 98 valence electrons. The minimum absolute atomic E-state index is 0.207. The Kier molecular flexibility index (Phi) is 5.06. The van der Waals surface area contributed by atoms with Crippen LogP contribution in [0.5, 0.6) is 0 Å². The molecule has 1 amide bonds. The Bertz CT molecular complexity index is 261. The van der Waals surface area contributed by atoms with Crippen molar-refractivity contribution in [2.45, 2.75) is 37.0 Å². The van der Waals surface area contributed by atoms with Crippen LogP contribution in [-0.2, 0) is 4.79 Å². The monoisotopic (exact) mass is 274 g/mol. The van der Waals surface area contributed by atoms with Crippen molar-refractivity contribution in [2.24, 2.45) is 0 Å². The summed E-state index contributed by atoms with van der Waals surface area (Å²) >= 11 is 3.94. The molecule has 2 heterocycles. The first-order valence-electron chi connectivity index (χ1n) is 6.40. The molecule has 0 radical (unpaired) electrons. The molecule has 0 saturated carbocycles. The van der Waals surface area contributed by atoms with Gasteiger partial charge in [-0.1, -0.05) is 0 Å². The molecule has 2 aliphatic rings. The Morgan fingerprint density at radius 1 is 1.53 bits per heavy atom. The topological polar surface area (TPSA) is 41.1 Å². The minimum atomic E-state index is 0.207. The van der Waals surface area contributed by atoms with Crippen molar-refractivity contribution in [3.05, 3.63) is 0 Å². The third-order valence-corrected chi connectivity index (χ3v) is 6.06. The molecule has 2 saturated heterocycles. The molecule has 0 aromatic rings. The average Bonchev–Trinajstić information content (AvgIpc) is 2.76. The number of nitrogens with one attached hydrogen (secondary N) is 2. The molecule has 3 nitrogen and oxygen atoms in total. The summed E-state index contributed by atoms with van der Waals surface area (Å²) < 4.78 is 0.282. The SMILES string of the molecule is CC1(CNC(=O)CC2CSCCN2)CCCS1. The van der Waals surface area contributed by atoms with Gasteiger partial charge in [0.2, 0.25) is 5.91 Å². The maximum atomic E-state index is 11.8. The Hall–Kier alpha value is 0.130. The number of carbonyl (C=O) groups is 1. The summed E-state index contributed by atoms with van der Waals surface area (Å²) in [5.41, 5.74) is 0. The van der Waals surface area contributed by atoms with Crippen molar-refractivity contribution < 1.29 is 4.79 Å². The molecular formula is C12H22N2OS2. The number of carbonyl (C=O) groups excluding carboxylic acids is 1. The standard InChI is InChI=1S/C12H22N2OS2/c1-12(3-2-5-17-12)9-14-11(15)7-10-8-16-6-4-13-10/h10,13H,2-9H2,1H3,(H,14,15). The van der Waals surface area contributed by atoms with Gasteiger partial charge in [-0.25, -0.2) is 0 Å². The highest BCUT2D eigenvalue weighted by molar-refractivity contribution is 8.00. The average molecular weight is 274 g/mol. The summed E-state index contributed by atoms with van der Waals surface area (Å²) in [6, 6.07) is 0.373. The van der Waals surface area contributed by atoms with E-state index < -0.39 is 0 Å². The lowest BCUT2D eigenvalue weighted by molar-refractivity contribution is -0.121. The second-order valence-corrected chi connectivity index (χ2v) is 7.94. The molecule has 2 unspecified atom stereocenters. The highest BCUT2D eigenvalue weighted by Crippen LogP contribution is 2.36. The van der Waals surface area contributed by atoms with Gasteiger partial charge >= 0.3 is 0 Å². The van der Waals surface area contributed by atoms with Crippen LogP contribution < -0.4 is 10.6 Å². The first-order valence-corrected chi connectivity index (χ1v) is 8.54. The Morgan fingerprint density at radius 3 is 3.06 bits per heavy atom. The van der Waals surface area contributed by atoms with Crippen molar-refractivity contribution in [3.8, 4) is 0 Å². The van der Waals surface area contributed by atoms with Crippen LogP contribution in [-0.4, -0.2) is 47.0 Å². The lowest BCUT2D eigenvalue weighted by Crippen LogP contribution is -2.43. The van der Waals surface area contributed by atoms with Crippen LogP contribution in [0.2, 0.25) is 0 Å². The van der Waals surface area contributed by atoms with Gasteiger partial charge in [-0.2, -0.15) is 23.5 Å². The summed E-state index contributed by atoms with van der Waals surface area (Å²) in [7, 11) is 0. The lowest BCUT2D eigenvalue weighted by atomic mass is 10.1. The van der Waals surface area contributed by atoms with Gasteiger partial charge < -0.3 is 10.6 Å². The summed E-state index contributed by atoms with van der Waals surface area (Å²) in [5, 5.41) is 6.50. The summed E-state index contributed by atoms with van der Waals surface area (Å²) in [6.07, 6.45) is 3.15. The van der Waals surface area contributed by atoms with E-state index in [0.717, 1.165) is 18.8 Å². The molecule has 2 fully saturated rings. The Balaban J connectivity index is 1.66. The van der Waals surface area contributed by atoms with Gasteiger partial charge in [0.1, 0.15) is 0 Å². The molecule has 5 heteroatoms. The van der Waals surface area contributed by atoms with Crippen molar-refractivity contribution in [1.29, 1.82) is 0 Å². The van der Waals surface area contributed by atoms with Crippen LogP contribution in [0.25, 0.3) is 0 Å². The molecule has 2 atom stereocenters. The lowest BCUT2D eigenvalue weighted by Gasteiger charge is -2.25. The first-order chi connectivity index (χ1) is 8.18. The second kappa shape index (κ2) is 6.34. The number of thioether (sulfide) groups is 2. The van der Waals surface area contributed by atoms with E-state index in [4.69, 9.17) is 0 Å². The third kappa shape index (κ3) is 4.38. The fourth-order valence-electron chi connectivity index (χ4n) is 2.31. The van der Waals surface area contributed by atoms with Crippen molar-refractivity contribution >= 4 is 29.4 Å². The smallest absolute Gasteiger partial charge is 0.221 e. The second-order valence-electron chi connectivity index (χ2n) is 5.11. The Labute approximate surface area is 112 Å². The van der Waals surface area contributed by atoms with Gasteiger partial charge in [0.05, 0.1) is 0 Å². The van der Waals surface area contributed by atoms with E-state index in [0.29, 0.717) is 12.5 Å². The number of amides is 1. The van der Waals surface area contributed by atoms with Crippen molar-refractivity contribution in [2.75, 3.05) is 30.3 Å². The molecule has 0 spiro atoms. The molecule has 17 heavy (non-hydrogen) atoms. The van der Waals surface area contributed by atoms with Crippen LogP contribution in [0, 0.1) is 0 Å². The van der Waals surface area contributed by atoms with Gasteiger partial charge in [0.25, 0.3) is 0 Å². The molecule has 0 aromatic carbocycles. The highest BCUT2D eigenvalue weighted by atomic mass is 32.2. The molecule has 2 rings (SSSR count). The van der Waals surface area contributed by atoms with Crippen LogP contribution in [0.3, 0.4) is 0 Å². The van der Waals surface area contributed by atoms with Crippen LogP contribution in [0.15, 0.2) is 0 Å². The largest absolute Gasteiger partial charge is 0.355 e. The molecule has 0 aromatic heterocycles. The van der Waals surface area contributed by atoms with Crippen molar-refractivity contribution in [1.82, 2.24) is 10.6 Å². The maximum Gasteiger partial charge on any atom is 0.221 e. The van der Waals surface area contributed by atoms with Gasteiger partial charge in [0.15, 0.2) is 0 Å². The van der Waals surface area contributed by atoms with E-state index in [2.05, 4.69) is 17.6 Å². The van der Waals surface area contributed by atoms with E-state index >= 15 is 0 Å². The zero-order valence-electron chi connectivity index (χ0n) is 10.5. The van der Waals surface area contributed by atoms with E-state index in [-0.39, 0.29) is 10.7 Å². The molecule has 2 aliphatic heterocycles. The molecule has 0 bridgehead atoms. The molecular weight excluding hydrogens is 252 g/mol. The van der Waals surface area contributed by atoms with E-state index in [1.807, 2.05) is 23.5 Å². The number of rotatable bonds is 4. The minimum Gasteiger partial charge on any atom is -0.355 e. The van der Waals surface area contributed by atoms with E-state index in [9.17, 15) is 4.79 Å². The fourth-order valence-corrected chi connectivity index (χ4v) is 4.50. The number of hydrogen-bond acceptors (Lipinski definition) is 4. The quantitative estimate of drug-likeness (QED) is 0.815. The van der Waals surface area contributed by atoms with Gasteiger partial charge in [-0.3, -0.25) is 4.79 Å². The summed E-state index contributed by atoms with van der Waals surface area (Å²) in [5.74, 6) is 3.69. The van der Waals surface area contributed by atoms with Gasteiger partial charge in [0, 0.05) is 41.8 Å². The van der Waals surface area contributed by atoms with Crippen LogP contribution in [0.4, 0.5) is 0 Å². The predicted molar refractivity (Wildman–Crippen MR) is 76.8 cm³/mol. The zero-order chi connectivity index (χ0) is 12.1.